The molecular weight excluding hydrogens is 327 g/mol. The quantitative estimate of drug-likeness (QED) is 0.902. The molecule has 0 unspecified atom stereocenters. The van der Waals surface area contributed by atoms with E-state index >= 15 is 0 Å². The van der Waals surface area contributed by atoms with E-state index in [1.165, 1.54) is 6.07 Å². The van der Waals surface area contributed by atoms with Gasteiger partial charge in [0.05, 0.1) is 13.7 Å². The van der Waals surface area contributed by atoms with Gasteiger partial charge in [0, 0.05) is 15.6 Å². The van der Waals surface area contributed by atoms with Crippen LogP contribution in [0.4, 0.5) is 4.39 Å². The van der Waals surface area contributed by atoms with Crippen LogP contribution in [0.3, 0.4) is 0 Å². The fraction of sp³-hybridized carbons (Fsp3) is 0.200. The summed E-state index contributed by atoms with van der Waals surface area (Å²) in [5.74, 6) is 0.815. The van der Waals surface area contributed by atoms with Crippen molar-refractivity contribution >= 4 is 15.9 Å². The van der Waals surface area contributed by atoms with Gasteiger partial charge in [-0.15, -0.1) is 0 Å². The van der Waals surface area contributed by atoms with E-state index in [9.17, 15) is 9.50 Å². The highest BCUT2D eigenvalue weighted by Crippen LogP contribution is 2.25. The van der Waals surface area contributed by atoms with Crippen LogP contribution in [-0.2, 0) is 13.2 Å². The fourth-order valence-corrected chi connectivity index (χ4v) is 2.17. The molecule has 0 atom stereocenters. The van der Waals surface area contributed by atoms with E-state index in [0.717, 1.165) is 4.47 Å². The third kappa shape index (κ3) is 3.49. The van der Waals surface area contributed by atoms with Crippen LogP contribution in [0, 0.1) is 5.82 Å². The standard InChI is InChI=1S/C15H14BrFO3/c1-19-13-3-5-15(10(7-13)8-18)20-9-11-6-12(16)2-4-14(11)17/h2-7,18H,8-9H2,1H3. The Labute approximate surface area is 125 Å². The van der Waals surface area contributed by atoms with Gasteiger partial charge in [-0.2, -0.15) is 0 Å². The van der Waals surface area contributed by atoms with Crippen molar-refractivity contribution in [1.82, 2.24) is 0 Å². The number of benzene rings is 2. The molecule has 0 heterocycles. The third-order valence-electron chi connectivity index (χ3n) is 2.83. The molecule has 3 nitrogen and oxygen atoms in total. The summed E-state index contributed by atoms with van der Waals surface area (Å²) in [6.07, 6.45) is 0. The van der Waals surface area contributed by atoms with Gasteiger partial charge in [0.2, 0.25) is 0 Å². The first-order valence-electron chi connectivity index (χ1n) is 5.98. The summed E-state index contributed by atoms with van der Waals surface area (Å²) in [7, 11) is 1.55. The van der Waals surface area contributed by atoms with Crippen molar-refractivity contribution in [2.75, 3.05) is 7.11 Å². The van der Waals surface area contributed by atoms with Crippen LogP contribution in [0.1, 0.15) is 11.1 Å². The first-order valence-corrected chi connectivity index (χ1v) is 6.78. The Morgan fingerprint density at radius 2 is 1.95 bits per heavy atom. The molecule has 5 heteroatoms. The summed E-state index contributed by atoms with van der Waals surface area (Å²) in [6, 6.07) is 9.78. The van der Waals surface area contributed by atoms with Crippen LogP contribution in [0.2, 0.25) is 0 Å². The highest BCUT2D eigenvalue weighted by atomic mass is 79.9. The lowest BCUT2D eigenvalue weighted by molar-refractivity contribution is 0.256. The second-order valence-electron chi connectivity index (χ2n) is 4.16. The average molecular weight is 341 g/mol. The van der Waals surface area contributed by atoms with Gasteiger partial charge in [0.15, 0.2) is 0 Å². The maximum atomic E-state index is 13.6. The topological polar surface area (TPSA) is 38.7 Å². The number of hydrogen-bond acceptors (Lipinski definition) is 3. The lowest BCUT2D eigenvalue weighted by Crippen LogP contribution is -2.01. The largest absolute Gasteiger partial charge is 0.497 e. The molecule has 106 valence electrons. The lowest BCUT2D eigenvalue weighted by atomic mass is 10.2. The van der Waals surface area contributed by atoms with E-state index in [4.69, 9.17) is 9.47 Å². The molecule has 0 aromatic heterocycles. The minimum atomic E-state index is -0.327. The van der Waals surface area contributed by atoms with Crippen LogP contribution in [0.25, 0.3) is 0 Å². The van der Waals surface area contributed by atoms with E-state index in [1.54, 1.807) is 37.4 Å². The highest BCUT2D eigenvalue weighted by molar-refractivity contribution is 9.10. The Bertz CT molecular complexity index is 602. The minimum absolute atomic E-state index is 0.0879. The number of aliphatic hydroxyl groups excluding tert-OH is 1. The third-order valence-corrected chi connectivity index (χ3v) is 3.32. The molecule has 0 spiro atoms. The van der Waals surface area contributed by atoms with E-state index in [-0.39, 0.29) is 19.0 Å². The summed E-state index contributed by atoms with van der Waals surface area (Å²) in [4.78, 5) is 0. The molecule has 1 N–H and O–H groups in total. The molecule has 0 bridgehead atoms. The summed E-state index contributed by atoms with van der Waals surface area (Å²) in [6.45, 7) is -0.0852. The number of ether oxygens (including phenoxy) is 2. The number of rotatable bonds is 5. The molecule has 0 saturated carbocycles. The van der Waals surface area contributed by atoms with Gasteiger partial charge in [-0.1, -0.05) is 15.9 Å². The van der Waals surface area contributed by atoms with Crippen molar-refractivity contribution in [3.05, 3.63) is 57.8 Å². The van der Waals surface area contributed by atoms with E-state index in [1.807, 2.05) is 0 Å². The maximum absolute atomic E-state index is 13.6. The van der Waals surface area contributed by atoms with Crippen LogP contribution in [0.5, 0.6) is 11.5 Å². The Morgan fingerprint density at radius 1 is 1.15 bits per heavy atom. The van der Waals surface area contributed by atoms with Crippen LogP contribution < -0.4 is 9.47 Å². The molecule has 0 fully saturated rings. The normalized spacial score (nSPS) is 10.4. The number of aliphatic hydroxyl groups is 1. The van der Waals surface area contributed by atoms with Gasteiger partial charge < -0.3 is 14.6 Å². The monoisotopic (exact) mass is 340 g/mol. The Hall–Kier alpha value is -1.59. The first-order chi connectivity index (χ1) is 9.63. The molecule has 20 heavy (non-hydrogen) atoms. The minimum Gasteiger partial charge on any atom is -0.497 e. The Morgan fingerprint density at radius 3 is 2.65 bits per heavy atom. The van der Waals surface area contributed by atoms with Gasteiger partial charge in [0.1, 0.15) is 23.9 Å². The zero-order valence-electron chi connectivity index (χ0n) is 10.9. The molecule has 0 aliphatic carbocycles. The second-order valence-corrected chi connectivity index (χ2v) is 5.07. The number of halogens is 2. The maximum Gasteiger partial charge on any atom is 0.129 e. The molecule has 2 aromatic carbocycles. The molecule has 0 aliphatic heterocycles. The van der Waals surface area contributed by atoms with Gasteiger partial charge in [-0.25, -0.2) is 4.39 Å². The van der Waals surface area contributed by atoms with Crippen LogP contribution in [-0.4, -0.2) is 12.2 Å². The Balaban J connectivity index is 2.16. The molecule has 0 saturated heterocycles. The van der Waals surface area contributed by atoms with Gasteiger partial charge in [-0.3, -0.25) is 0 Å². The number of methoxy groups -OCH3 is 1. The first kappa shape index (κ1) is 14.8. The van der Waals surface area contributed by atoms with Crippen LogP contribution >= 0.6 is 15.9 Å². The Kier molecular flexibility index (Phi) is 4.98. The second kappa shape index (κ2) is 6.72. The van der Waals surface area contributed by atoms with Crippen molar-refractivity contribution in [3.63, 3.8) is 0 Å². The predicted molar refractivity (Wildman–Crippen MR) is 77.3 cm³/mol. The van der Waals surface area contributed by atoms with Crippen molar-refractivity contribution < 1.29 is 19.0 Å². The van der Waals surface area contributed by atoms with Crippen molar-refractivity contribution in [1.29, 1.82) is 0 Å². The summed E-state index contributed by atoms with van der Waals surface area (Å²) >= 11 is 3.29. The smallest absolute Gasteiger partial charge is 0.129 e. The molecule has 0 amide bonds. The number of hydrogen-bond donors (Lipinski definition) is 1. The van der Waals surface area contributed by atoms with Gasteiger partial charge in [-0.05, 0) is 36.4 Å². The molecular formula is C15H14BrFO3. The molecule has 0 radical (unpaired) electrons. The van der Waals surface area contributed by atoms with Gasteiger partial charge in [0.25, 0.3) is 0 Å². The fourth-order valence-electron chi connectivity index (χ4n) is 1.76. The van der Waals surface area contributed by atoms with E-state index in [2.05, 4.69) is 15.9 Å². The van der Waals surface area contributed by atoms with Crippen molar-refractivity contribution in [2.45, 2.75) is 13.2 Å². The van der Waals surface area contributed by atoms with Crippen molar-refractivity contribution in [3.8, 4) is 11.5 Å². The summed E-state index contributed by atoms with van der Waals surface area (Å²) in [5.41, 5.74) is 1.04. The predicted octanol–water partition coefficient (Wildman–Crippen LogP) is 3.67. The van der Waals surface area contributed by atoms with Crippen LogP contribution in [0.15, 0.2) is 40.9 Å². The van der Waals surface area contributed by atoms with E-state index in [0.29, 0.717) is 22.6 Å². The SMILES string of the molecule is COc1ccc(OCc2cc(Br)ccc2F)c(CO)c1. The van der Waals surface area contributed by atoms with E-state index < -0.39 is 0 Å². The van der Waals surface area contributed by atoms with Gasteiger partial charge >= 0.3 is 0 Å². The lowest BCUT2D eigenvalue weighted by Gasteiger charge is -2.12. The highest BCUT2D eigenvalue weighted by Gasteiger charge is 2.08. The molecule has 2 aromatic rings. The zero-order chi connectivity index (χ0) is 14.5. The molecule has 0 aliphatic rings. The summed E-state index contributed by atoms with van der Waals surface area (Å²) in [5, 5.41) is 9.32. The molecule has 2 rings (SSSR count). The summed E-state index contributed by atoms with van der Waals surface area (Å²) < 4.78 is 25.0. The zero-order valence-corrected chi connectivity index (χ0v) is 12.5. The average Bonchev–Trinajstić information content (AvgIpc) is 2.48. The van der Waals surface area contributed by atoms with Crippen molar-refractivity contribution in [2.24, 2.45) is 0 Å².